The largest absolute Gasteiger partial charge is 0.331 e. The summed E-state index contributed by atoms with van der Waals surface area (Å²) in [6.07, 6.45) is 1.95. The van der Waals surface area contributed by atoms with E-state index in [2.05, 4.69) is 34.8 Å². The molecule has 0 bridgehead atoms. The second kappa shape index (κ2) is 6.31. The van der Waals surface area contributed by atoms with Gasteiger partial charge in [-0.05, 0) is 0 Å². The molecule has 18 heavy (non-hydrogen) atoms. The van der Waals surface area contributed by atoms with Crippen LogP contribution in [0.4, 0.5) is 0 Å². The molecule has 4 nitrogen and oxygen atoms in total. The second-order valence-electron chi connectivity index (χ2n) is 4.76. The maximum absolute atomic E-state index is 10.8. The van der Waals surface area contributed by atoms with Gasteiger partial charge in [0.1, 0.15) is 6.54 Å². The highest BCUT2D eigenvalue weighted by molar-refractivity contribution is 5.86. The van der Waals surface area contributed by atoms with Crippen LogP contribution < -0.4 is 10.3 Å². The van der Waals surface area contributed by atoms with Crippen molar-refractivity contribution in [3.63, 3.8) is 0 Å². The van der Waals surface area contributed by atoms with Crippen molar-refractivity contribution in [2.45, 2.75) is 26.3 Å². The van der Waals surface area contributed by atoms with E-state index in [0.29, 0.717) is 0 Å². The highest BCUT2D eigenvalue weighted by atomic mass is 16.2. The lowest BCUT2D eigenvalue weighted by molar-refractivity contribution is -0.914. The number of quaternary nitrogens is 1. The molecule has 0 unspecified atom stereocenters. The minimum absolute atomic E-state index is 0.0958. The summed E-state index contributed by atoms with van der Waals surface area (Å²) in [7, 11) is 0. The predicted octanol–water partition coefficient (Wildman–Crippen LogP) is 0.357. The monoisotopic (exact) mass is 246 g/mol. The van der Waals surface area contributed by atoms with E-state index < -0.39 is 0 Å². The van der Waals surface area contributed by atoms with Crippen LogP contribution in [0.1, 0.15) is 25.3 Å². The zero-order valence-electron chi connectivity index (χ0n) is 10.8. The van der Waals surface area contributed by atoms with Crippen LogP contribution in [0.5, 0.6) is 0 Å². The normalized spacial score (nSPS) is 19.4. The molecule has 1 heterocycles. The van der Waals surface area contributed by atoms with Crippen LogP contribution in [0.3, 0.4) is 0 Å². The molecule has 0 aliphatic carbocycles. The molecule has 1 saturated heterocycles. The van der Waals surface area contributed by atoms with E-state index in [1.807, 2.05) is 6.07 Å². The van der Waals surface area contributed by atoms with Gasteiger partial charge in [-0.3, -0.25) is 4.79 Å². The third-order valence-corrected chi connectivity index (χ3v) is 3.20. The standard InChI is InChI=1S/C14H19N3O/c1-12(18)15-16-14-7-9-17(10-8-14)11-13-5-3-2-4-6-13/h2-6H,7-11H2,1H3,(H,15,18)/p+1. The van der Waals surface area contributed by atoms with Gasteiger partial charge in [0.05, 0.1) is 13.1 Å². The van der Waals surface area contributed by atoms with Gasteiger partial charge in [-0.1, -0.05) is 30.3 Å². The first-order valence-electron chi connectivity index (χ1n) is 6.43. The number of nitrogens with zero attached hydrogens (tertiary/aromatic N) is 1. The maximum atomic E-state index is 10.8. The van der Waals surface area contributed by atoms with Crippen molar-refractivity contribution in [3.8, 4) is 0 Å². The first kappa shape index (κ1) is 12.8. The van der Waals surface area contributed by atoms with Crippen molar-refractivity contribution in [1.29, 1.82) is 0 Å². The van der Waals surface area contributed by atoms with Crippen molar-refractivity contribution in [3.05, 3.63) is 35.9 Å². The Hall–Kier alpha value is -1.68. The number of piperidine rings is 1. The van der Waals surface area contributed by atoms with Crippen LogP contribution >= 0.6 is 0 Å². The summed E-state index contributed by atoms with van der Waals surface area (Å²) in [5.41, 5.74) is 5.02. The van der Waals surface area contributed by atoms with E-state index in [4.69, 9.17) is 0 Å². The lowest BCUT2D eigenvalue weighted by atomic mass is 10.1. The minimum Gasteiger partial charge on any atom is -0.331 e. The van der Waals surface area contributed by atoms with Crippen molar-refractivity contribution >= 4 is 11.6 Å². The van der Waals surface area contributed by atoms with Crippen LogP contribution in [0.2, 0.25) is 0 Å². The average Bonchev–Trinajstić information content (AvgIpc) is 2.39. The molecule has 1 aromatic rings. The maximum Gasteiger partial charge on any atom is 0.236 e. The molecule has 1 aliphatic heterocycles. The third-order valence-electron chi connectivity index (χ3n) is 3.20. The molecule has 1 aromatic carbocycles. The van der Waals surface area contributed by atoms with Crippen molar-refractivity contribution in [1.82, 2.24) is 5.43 Å². The van der Waals surface area contributed by atoms with Gasteiger partial charge < -0.3 is 4.90 Å². The number of benzene rings is 1. The Morgan fingerprint density at radius 2 is 1.94 bits per heavy atom. The molecular weight excluding hydrogens is 226 g/mol. The number of nitrogens with one attached hydrogen (secondary N) is 2. The van der Waals surface area contributed by atoms with E-state index in [0.717, 1.165) is 38.2 Å². The Labute approximate surface area is 108 Å². The van der Waals surface area contributed by atoms with Crippen LogP contribution in [0, 0.1) is 0 Å². The van der Waals surface area contributed by atoms with Crippen molar-refractivity contribution < 1.29 is 9.69 Å². The highest BCUT2D eigenvalue weighted by Gasteiger charge is 2.18. The number of rotatable bonds is 3. The number of carbonyl (C=O) groups excluding carboxylic acids is 1. The van der Waals surface area contributed by atoms with Gasteiger partial charge in [-0.25, -0.2) is 5.43 Å². The molecule has 0 aromatic heterocycles. The zero-order valence-corrected chi connectivity index (χ0v) is 10.8. The van der Waals surface area contributed by atoms with E-state index in [1.54, 1.807) is 4.90 Å². The van der Waals surface area contributed by atoms with Crippen LogP contribution in [-0.2, 0) is 11.3 Å². The summed E-state index contributed by atoms with van der Waals surface area (Å²) in [6, 6.07) is 10.6. The van der Waals surface area contributed by atoms with Crippen LogP contribution in [-0.4, -0.2) is 24.7 Å². The lowest BCUT2D eigenvalue weighted by Gasteiger charge is -2.24. The number of hydrogen-bond acceptors (Lipinski definition) is 2. The van der Waals surface area contributed by atoms with Gasteiger partial charge >= 0.3 is 0 Å². The molecule has 1 fully saturated rings. The van der Waals surface area contributed by atoms with Crippen LogP contribution in [0.25, 0.3) is 0 Å². The minimum atomic E-state index is -0.0958. The Bertz CT molecular complexity index is 418. The topological polar surface area (TPSA) is 45.9 Å². The fraction of sp³-hybridized carbons (Fsp3) is 0.429. The molecule has 2 rings (SSSR count). The van der Waals surface area contributed by atoms with Crippen molar-refractivity contribution in [2.24, 2.45) is 5.10 Å². The van der Waals surface area contributed by atoms with Crippen molar-refractivity contribution in [2.75, 3.05) is 13.1 Å². The molecular formula is C14H20N3O+. The summed E-state index contributed by atoms with van der Waals surface area (Å²) < 4.78 is 0. The third kappa shape index (κ3) is 3.96. The van der Waals surface area contributed by atoms with E-state index in [1.165, 1.54) is 12.5 Å². The zero-order chi connectivity index (χ0) is 12.8. The van der Waals surface area contributed by atoms with Gasteiger partial charge in [-0.15, -0.1) is 0 Å². The summed E-state index contributed by atoms with van der Waals surface area (Å²) in [4.78, 5) is 12.4. The first-order chi connectivity index (χ1) is 8.74. The number of hydrogen-bond donors (Lipinski definition) is 2. The molecule has 0 saturated carbocycles. The summed E-state index contributed by atoms with van der Waals surface area (Å²) in [5.74, 6) is -0.0958. The Kier molecular flexibility index (Phi) is 4.47. The molecule has 96 valence electrons. The van der Waals surface area contributed by atoms with Gasteiger partial charge in [0.2, 0.25) is 5.91 Å². The number of hydrazone groups is 1. The van der Waals surface area contributed by atoms with Gasteiger partial charge in [0.25, 0.3) is 0 Å². The number of carbonyl (C=O) groups is 1. The van der Waals surface area contributed by atoms with Gasteiger partial charge in [-0.2, -0.15) is 5.10 Å². The quantitative estimate of drug-likeness (QED) is 0.743. The molecule has 1 amide bonds. The lowest BCUT2D eigenvalue weighted by Crippen LogP contribution is -3.11. The first-order valence-corrected chi connectivity index (χ1v) is 6.43. The molecule has 1 aliphatic rings. The highest BCUT2D eigenvalue weighted by Crippen LogP contribution is 1.98. The summed E-state index contributed by atoms with van der Waals surface area (Å²) in [5, 5.41) is 4.13. The SMILES string of the molecule is CC(=O)NN=C1CC[NH+](Cc2ccccc2)CC1. The molecule has 2 N–H and O–H groups in total. The summed E-state index contributed by atoms with van der Waals surface area (Å²) >= 11 is 0. The van der Waals surface area contributed by atoms with Gasteiger partial charge in [0, 0.05) is 31.0 Å². The fourth-order valence-electron chi connectivity index (χ4n) is 2.22. The predicted molar refractivity (Wildman–Crippen MR) is 71.3 cm³/mol. The Balaban J connectivity index is 1.80. The van der Waals surface area contributed by atoms with E-state index in [-0.39, 0.29) is 5.91 Å². The van der Waals surface area contributed by atoms with E-state index in [9.17, 15) is 4.79 Å². The summed E-state index contributed by atoms with van der Waals surface area (Å²) in [6.45, 7) is 4.74. The number of amides is 1. The molecule has 4 heteroatoms. The molecule has 0 atom stereocenters. The second-order valence-corrected chi connectivity index (χ2v) is 4.76. The van der Waals surface area contributed by atoms with Gasteiger partial charge in [0.15, 0.2) is 0 Å². The van der Waals surface area contributed by atoms with E-state index >= 15 is 0 Å². The Morgan fingerprint density at radius 1 is 1.28 bits per heavy atom. The smallest absolute Gasteiger partial charge is 0.236 e. The van der Waals surface area contributed by atoms with Crippen LogP contribution in [0.15, 0.2) is 35.4 Å². The molecule has 0 spiro atoms. The number of likely N-dealkylation sites (tertiary alicyclic amines) is 1. The fourth-order valence-corrected chi connectivity index (χ4v) is 2.22. The average molecular weight is 246 g/mol. The molecule has 0 radical (unpaired) electrons. The Morgan fingerprint density at radius 3 is 2.56 bits per heavy atom.